The van der Waals surface area contributed by atoms with Crippen LogP contribution in [0, 0.1) is 5.41 Å². The molecule has 0 heterocycles. The summed E-state index contributed by atoms with van der Waals surface area (Å²) in [5.74, 6) is -1.12. The van der Waals surface area contributed by atoms with Crippen LogP contribution in [0.1, 0.15) is 43.1 Å². The van der Waals surface area contributed by atoms with Gasteiger partial charge in [-0.15, -0.1) is 0 Å². The van der Waals surface area contributed by atoms with Crippen LogP contribution in [-0.4, -0.2) is 31.1 Å². The molecule has 0 unspecified atom stereocenters. The van der Waals surface area contributed by atoms with Gasteiger partial charge in [-0.2, -0.15) is 0 Å². The van der Waals surface area contributed by atoms with Crippen molar-refractivity contribution in [2.24, 2.45) is 5.41 Å². The van der Waals surface area contributed by atoms with Gasteiger partial charge >= 0.3 is 17.9 Å². The lowest BCUT2D eigenvalue weighted by Crippen LogP contribution is -2.27. The normalized spacial score (nSPS) is 11.2. The third kappa shape index (κ3) is 7.67. The molecule has 0 saturated heterocycles. The molecule has 6 nitrogen and oxygen atoms in total. The Morgan fingerprint density at radius 3 is 2.03 bits per heavy atom. The molecule has 0 bridgehead atoms. The lowest BCUT2D eigenvalue weighted by Gasteiger charge is -2.20. The molecule has 36 heavy (non-hydrogen) atoms. The Morgan fingerprint density at radius 1 is 0.778 bits per heavy atom. The Kier molecular flexibility index (Phi) is 9.17. The van der Waals surface area contributed by atoms with Crippen LogP contribution < -0.4 is 4.74 Å². The molecule has 0 N–H and O–H groups in total. The first kappa shape index (κ1) is 26.4. The van der Waals surface area contributed by atoms with Crippen molar-refractivity contribution < 1.29 is 28.6 Å². The predicted molar refractivity (Wildman–Crippen MR) is 138 cm³/mol. The van der Waals surface area contributed by atoms with Gasteiger partial charge in [0.2, 0.25) is 0 Å². The molecule has 0 spiro atoms. The van der Waals surface area contributed by atoms with E-state index in [4.69, 9.17) is 14.2 Å². The van der Waals surface area contributed by atoms with Crippen molar-refractivity contribution in [3.05, 3.63) is 96.1 Å². The largest absolute Gasteiger partial charge is 0.462 e. The molecule has 0 aromatic heterocycles. The molecule has 0 aliphatic carbocycles. The molecule has 0 fully saturated rings. The summed E-state index contributed by atoms with van der Waals surface area (Å²) in [6.07, 6.45) is 3.68. The van der Waals surface area contributed by atoms with Crippen LogP contribution in [0.2, 0.25) is 0 Å². The zero-order valence-corrected chi connectivity index (χ0v) is 20.7. The lowest BCUT2D eigenvalue weighted by atomic mass is 9.91. The van der Waals surface area contributed by atoms with E-state index < -0.39 is 17.4 Å². The van der Waals surface area contributed by atoms with E-state index in [1.807, 2.05) is 61.5 Å². The van der Waals surface area contributed by atoms with Crippen LogP contribution in [0.4, 0.5) is 0 Å². The number of esters is 3. The summed E-state index contributed by atoms with van der Waals surface area (Å²) < 4.78 is 15.6. The average molecular weight is 487 g/mol. The van der Waals surface area contributed by atoms with Gasteiger partial charge in [0.15, 0.2) is 0 Å². The summed E-state index contributed by atoms with van der Waals surface area (Å²) in [6.45, 7) is 5.45. The fraction of sp³-hybridized carbons (Fsp3) is 0.233. The Bertz CT molecular complexity index is 1190. The number of carbonyl (C=O) groups excluding carboxylic acids is 3. The second-order valence-electron chi connectivity index (χ2n) is 8.78. The van der Waals surface area contributed by atoms with E-state index in [-0.39, 0.29) is 19.2 Å². The maximum absolute atomic E-state index is 12.2. The topological polar surface area (TPSA) is 78.9 Å². The third-order valence-corrected chi connectivity index (χ3v) is 5.72. The van der Waals surface area contributed by atoms with E-state index in [1.54, 1.807) is 19.9 Å². The highest BCUT2D eigenvalue weighted by Gasteiger charge is 2.26. The highest BCUT2D eigenvalue weighted by molar-refractivity contribution is 5.90. The Balaban J connectivity index is 1.45. The molecule has 186 valence electrons. The number of benzene rings is 3. The van der Waals surface area contributed by atoms with Gasteiger partial charge in [-0.1, -0.05) is 61.5 Å². The summed E-state index contributed by atoms with van der Waals surface area (Å²) >= 11 is 0. The summed E-state index contributed by atoms with van der Waals surface area (Å²) in [6, 6.07) is 23.9. The number of hydrogen-bond acceptors (Lipinski definition) is 6. The second-order valence-corrected chi connectivity index (χ2v) is 8.78. The zero-order chi connectivity index (χ0) is 26.0. The van der Waals surface area contributed by atoms with Gasteiger partial charge in [-0.3, -0.25) is 4.79 Å². The first-order chi connectivity index (χ1) is 17.3. The van der Waals surface area contributed by atoms with Crippen LogP contribution in [0.5, 0.6) is 5.75 Å². The fourth-order valence-electron chi connectivity index (χ4n) is 3.08. The van der Waals surface area contributed by atoms with Crippen LogP contribution in [0.15, 0.2) is 84.9 Å². The third-order valence-electron chi connectivity index (χ3n) is 5.72. The number of hydrogen-bond donors (Lipinski definition) is 0. The highest BCUT2D eigenvalue weighted by Crippen LogP contribution is 2.22. The van der Waals surface area contributed by atoms with E-state index in [9.17, 15) is 14.4 Å². The van der Waals surface area contributed by atoms with Gasteiger partial charge in [0.1, 0.15) is 19.0 Å². The molecule has 0 saturated carbocycles. The first-order valence-corrected chi connectivity index (χ1v) is 11.8. The summed E-state index contributed by atoms with van der Waals surface area (Å²) in [7, 11) is 0. The molecule has 0 radical (unpaired) electrons. The van der Waals surface area contributed by atoms with Crippen molar-refractivity contribution in [1.29, 1.82) is 0 Å². The first-order valence-electron chi connectivity index (χ1n) is 11.8. The van der Waals surface area contributed by atoms with Gasteiger partial charge in [0.05, 0.1) is 11.0 Å². The molecule has 0 amide bonds. The summed E-state index contributed by atoms with van der Waals surface area (Å²) in [4.78, 5) is 36.3. The van der Waals surface area contributed by atoms with Crippen LogP contribution in [0.25, 0.3) is 17.2 Å². The van der Waals surface area contributed by atoms with E-state index >= 15 is 0 Å². The minimum absolute atomic E-state index is 0.00891. The van der Waals surface area contributed by atoms with Crippen molar-refractivity contribution in [3.8, 4) is 16.9 Å². The molecule has 3 aromatic rings. The lowest BCUT2D eigenvalue weighted by molar-refractivity contribution is -0.155. The monoisotopic (exact) mass is 486 g/mol. The quantitative estimate of drug-likeness (QED) is 0.149. The second kappa shape index (κ2) is 12.5. The maximum atomic E-state index is 12.2. The summed E-state index contributed by atoms with van der Waals surface area (Å²) in [5.41, 5.74) is 2.81. The molecule has 0 aliphatic heterocycles. The van der Waals surface area contributed by atoms with E-state index in [1.165, 1.54) is 30.3 Å². The van der Waals surface area contributed by atoms with Crippen molar-refractivity contribution in [1.82, 2.24) is 0 Å². The van der Waals surface area contributed by atoms with Crippen LogP contribution in [-0.2, 0) is 19.1 Å². The fourth-order valence-corrected chi connectivity index (χ4v) is 3.08. The molecule has 0 aliphatic rings. The Morgan fingerprint density at radius 2 is 1.39 bits per heavy atom. The SMILES string of the molecule is CCC(C)(C)C(=O)OCCOC(=O)c1ccc(OC(=O)/C=C/c2ccc(-c3ccccc3)cc2)cc1. The van der Waals surface area contributed by atoms with Gasteiger partial charge in [0, 0.05) is 6.08 Å². The Hall–Kier alpha value is -4.19. The van der Waals surface area contributed by atoms with Gasteiger partial charge in [-0.25, -0.2) is 9.59 Å². The number of carbonyl (C=O) groups is 3. The van der Waals surface area contributed by atoms with Crippen molar-refractivity contribution in [2.45, 2.75) is 27.2 Å². The minimum atomic E-state index is -0.570. The van der Waals surface area contributed by atoms with Gasteiger partial charge in [-0.05, 0) is 67.3 Å². The molecular formula is C30H30O6. The van der Waals surface area contributed by atoms with Crippen molar-refractivity contribution >= 4 is 24.0 Å². The van der Waals surface area contributed by atoms with E-state index in [2.05, 4.69) is 0 Å². The highest BCUT2D eigenvalue weighted by atomic mass is 16.6. The maximum Gasteiger partial charge on any atom is 0.338 e. The average Bonchev–Trinajstić information content (AvgIpc) is 2.91. The predicted octanol–water partition coefficient (Wildman–Crippen LogP) is 6.11. The van der Waals surface area contributed by atoms with Gasteiger partial charge < -0.3 is 14.2 Å². The minimum Gasteiger partial charge on any atom is -0.462 e. The summed E-state index contributed by atoms with van der Waals surface area (Å²) in [5, 5.41) is 0. The van der Waals surface area contributed by atoms with Crippen LogP contribution >= 0.6 is 0 Å². The number of ether oxygens (including phenoxy) is 3. The Labute approximate surface area is 211 Å². The molecule has 6 heteroatoms. The number of rotatable bonds is 10. The molecule has 0 atom stereocenters. The van der Waals surface area contributed by atoms with E-state index in [0.717, 1.165) is 16.7 Å². The van der Waals surface area contributed by atoms with Crippen molar-refractivity contribution in [2.75, 3.05) is 13.2 Å². The van der Waals surface area contributed by atoms with E-state index in [0.29, 0.717) is 17.7 Å². The standard InChI is InChI=1S/C30H30O6/c1-4-30(2,3)29(33)35-21-20-34-28(32)25-15-17-26(18-16-25)36-27(31)19-12-22-10-13-24(14-11-22)23-8-6-5-7-9-23/h5-19H,4,20-21H2,1-3H3/b19-12+. The van der Waals surface area contributed by atoms with Crippen LogP contribution in [0.3, 0.4) is 0 Å². The zero-order valence-electron chi connectivity index (χ0n) is 20.7. The van der Waals surface area contributed by atoms with Crippen molar-refractivity contribution in [3.63, 3.8) is 0 Å². The van der Waals surface area contributed by atoms with Gasteiger partial charge in [0.25, 0.3) is 0 Å². The smallest absolute Gasteiger partial charge is 0.338 e. The molecular weight excluding hydrogens is 456 g/mol. The molecule has 3 rings (SSSR count). The molecule has 3 aromatic carbocycles.